The van der Waals surface area contributed by atoms with E-state index in [2.05, 4.69) is 5.32 Å². The van der Waals surface area contributed by atoms with Gasteiger partial charge in [-0.15, -0.1) is 0 Å². The quantitative estimate of drug-likeness (QED) is 0.883. The van der Waals surface area contributed by atoms with Crippen LogP contribution in [0.2, 0.25) is 0 Å². The Morgan fingerprint density at radius 2 is 2.16 bits per heavy atom. The SMILES string of the molecule is CC1CCC(CNc2cc(C(=O)O)c(F)cc2F)O1. The number of aromatic carboxylic acids is 1. The van der Waals surface area contributed by atoms with Gasteiger partial charge in [0.2, 0.25) is 0 Å². The van der Waals surface area contributed by atoms with Crippen molar-refractivity contribution in [2.45, 2.75) is 32.0 Å². The molecule has 0 bridgehead atoms. The number of benzene rings is 1. The fraction of sp³-hybridized carbons (Fsp3) is 0.462. The highest BCUT2D eigenvalue weighted by Gasteiger charge is 2.22. The van der Waals surface area contributed by atoms with Crippen molar-refractivity contribution in [3.63, 3.8) is 0 Å². The summed E-state index contributed by atoms with van der Waals surface area (Å²) in [6.07, 6.45) is 1.95. The molecule has 0 radical (unpaired) electrons. The molecule has 2 N–H and O–H groups in total. The molecule has 0 saturated carbocycles. The van der Waals surface area contributed by atoms with Crippen LogP contribution >= 0.6 is 0 Å². The first-order valence-electron chi connectivity index (χ1n) is 6.09. The maximum absolute atomic E-state index is 13.5. The van der Waals surface area contributed by atoms with E-state index in [0.717, 1.165) is 18.9 Å². The van der Waals surface area contributed by atoms with Crippen LogP contribution in [-0.2, 0) is 4.74 Å². The minimum absolute atomic E-state index is 0.0260. The van der Waals surface area contributed by atoms with Gasteiger partial charge in [-0.25, -0.2) is 13.6 Å². The Morgan fingerprint density at radius 3 is 2.74 bits per heavy atom. The molecule has 0 aliphatic carbocycles. The minimum Gasteiger partial charge on any atom is -0.478 e. The molecule has 2 atom stereocenters. The second kappa shape index (κ2) is 5.52. The van der Waals surface area contributed by atoms with Crippen molar-refractivity contribution in [2.24, 2.45) is 0 Å². The molecule has 0 aromatic heterocycles. The Bertz CT molecular complexity index is 493. The van der Waals surface area contributed by atoms with Crippen molar-refractivity contribution < 1.29 is 23.4 Å². The number of halogens is 2. The van der Waals surface area contributed by atoms with Crippen LogP contribution in [0.1, 0.15) is 30.1 Å². The number of carbonyl (C=O) groups is 1. The predicted octanol–water partition coefficient (Wildman–Crippen LogP) is 2.64. The van der Waals surface area contributed by atoms with Crippen LogP contribution in [0.15, 0.2) is 12.1 Å². The summed E-state index contributed by atoms with van der Waals surface area (Å²) in [6.45, 7) is 2.33. The molecule has 6 heteroatoms. The molecule has 1 aromatic carbocycles. The highest BCUT2D eigenvalue weighted by atomic mass is 19.1. The second-order valence-corrected chi connectivity index (χ2v) is 4.64. The molecule has 2 rings (SSSR count). The largest absolute Gasteiger partial charge is 0.478 e. The summed E-state index contributed by atoms with van der Waals surface area (Å²) in [6, 6.07) is 1.54. The number of carboxylic acids is 1. The second-order valence-electron chi connectivity index (χ2n) is 4.64. The van der Waals surface area contributed by atoms with E-state index in [0.29, 0.717) is 12.6 Å². The van der Waals surface area contributed by atoms with Gasteiger partial charge in [-0.1, -0.05) is 0 Å². The molecule has 1 saturated heterocycles. The van der Waals surface area contributed by atoms with Crippen molar-refractivity contribution >= 4 is 11.7 Å². The van der Waals surface area contributed by atoms with Crippen LogP contribution in [-0.4, -0.2) is 29.8 Å². The van der Waals surface area contributed by atoms with Crippen molar-refractivity contribution in [3.05, 3.63) is 29.3 Å². The van der Waals surface area contributed by atoms with Crippen LogP contribution in [0.3, 0.4) is 0 Å². The molecule has 1 aliphatic rings. The van der Waals surface area contributed by atoms with Crippen molar-refractivity contribution in [3.8, 4) is 0 Å². The van der Waals surface area contributed by atoms with Crippen molar-refractivity contribution in [1.82, 2.24) is 0 Å². The summed E-state index contributed by atoms with van der Waals surface area (Å²) in [5.41, 5.74) is -0.577. The van der Waals surface area contributed by atoms with Gasteiger partial charge in [-0.05, 0) is 25.8 Å². The standard InChI is InChI=1S/C13H15F2NO3/c1-7-2-3-8(19-7)6-16-12-4-9(13(17)18)10(14)5-11(12)15/h4-5,7-8,16H,2-3,6H2,1H3,(H,17,18). The van der Waals surface area contributed by atoms with Gasteiger partial charge in [0.1, 0.15) is 11.6 Å². The molecule has 2 unspecified atom stereocenters. The third-order valence-electron chi connectivity index (χ3n) is 3.13. The van der Waals surface area contributed by atoms with Crippen LogP contribution in [0.5, 0.6) is 0 Å². The van der Waals surface area contributed by atoms with E-state index in [-0.39, 0.29) is 17.9 Å². The number of anilines is 1. The van der Waals surface area contributed by atoms with Gasteiger partial charge < -0.3 is 15.2 Å². The zero-order valence-electron chi connectivity index (χ0n) is 10.5. The molecule has 4 nitrogen and oxygen atoms in total. The smallest absolute Gasteiger partial charge is 0.338 e. The van der Waals surface area contributed by atoms with E-state index < -0.39 is 23.2 Å². The Hall–Kier alpha value is -1.69. The van der Waals surface area contributed by atoms with Crippen LogP contribution in [0.4, 0.5) is 14.5 Å². The van der Waals surface area contributed by atoms with Gasteiger partial charge in [0, 0.05) is 12.6 Å². The third kappa shape index (κ3) is 3.20. The van der Waals surface area contributed by atoms with E-state index in [1.54, 1.807) is 0 Å². The van der Waals surface area contributed by atoms with E-state index >= 15 is 0 Å². The highest BCUT2D eigenvalue weighted by Crippen LogP contribution is 2.22. The lowest BCUT2D eigenvalue weighted by molar-refractivity contribution is 0.0636. The van der Waals surface area contributed by atoms with E-state index in [1.807, 2.05) is 6.92 Å². The predicted molar refractivity (Wildman–Crippen MR) is 65.4 cm³/mol. The van der Waals surface area contributed by atoms with E-state index in [1.165, 1.54) is 0 Å². The lowest BCUT2D eigenvalue weighted by Crippen LogP contribution is -2.20. The van der Waals surface area contributed by atoms with Gasteiger partial charge >= 0.3 is 5.97 Å². The van der Waals surface area contributed by atoms with Gasteiger partial charge in [-0.3, -0.25) is 0 Å². The van der Waals surface area contributed by atoms with Gasteiger partial charge in [0.15, 0.2) is 0 Å². The Labute approximate surface area is 109 Å². The number of hydrogen-bond acceptors (Lipinski definition) is 3. The molecule has 0 amide bonds. The average Bonchev–Trinajstić information content (AvgIpc) is 2.73. The number of carboxylic acid groups (broad SMARTS) is 1. The summed E-state index contributed by atoms with van der Waals surface area (Å²) in [4.78, 5) is 10.8. The third-order valence-corrected chi connectivity index (χ3v) is 3.13. The van der Waals surface area contributed by atoms with Crippen molar-refractivity contribution in [1.29, 1.82) is 0 Å². The van der Waals surface area contributed by atoms with Crippen molar-refractivity contribution in [2.75, 3.05) is 11.9 Å². The maximum atomic E-state index is 13.5. The van der Waals surface area contributed by atoms with Crippen LogP contribution in [0, 0.1) is 11.6 Å². The molecule has 1 aromatic rings. The summed E-state index contributed by atoms with van der Waals surface area (Å²) in [5, 5.41) is 11.5. The lowest BCUT2D eigenvalue weighted by Gasteiger charge is -2.14. The monoisotopic (exact) mass is 271 g/mol. The zero-order valence-corrected chi connectivity index (χ0v) is 10.5. The molecule has 104 valence electrons. The first kappa shape index (κ1) is 13.7. The topological polar surface area (TPSA) is 58.6 Å². The molecule has 1 heterocycles. The Balaban J connectivity index is 2.07. The fourth-order valence-corrected chi connectivity index (χ4v) is 2.11. The Morgan fingerprint density at radius 1 is 1.42 bits per heavy atom. The first-order valence-corrected chi connectivity index (χ1v) is 6.09. The molecule has 1 fully saturated rings. The lowest BCUT2D eigenvalue weighted by atomic mass is 10.1. The normalized spacial score (nSPS) is 22.5. The fourth-order valence-electron chi connectivity index (χ4n) is 2.11. The number of hydrogen-bond donors (Lipinski definition) is 2. The Kier molecular flexibility index (Phi) is 3.99. The molecular formula is C13H15F2NO3. The molecule has 0 spiro atoms. The average molecular weight is 271 g/mol. The summed E-state index contributed by atoms with van der Waals surface area (Å²) in [5.74, 6) is -3.32. The van der Waals surface area contributed by atoms with Crippen LogP contribution < -0.4 is 5.32 Å². The summed E-state index contributed by atoms with van der Waals surface area (Å²) in [7, 11) is 0. The summed E-state index contributed by atoms with van der Waals surface area (Å²) < 4.78 is 32.3. The van der Waals surface area contributed by atoms with Gasteiger partial charge in [0.05, 0.1) is 23.5 Å². The zero-order chi connectivity index (χ0) is 14.0. The molecule has 1 aliphatic heterocycles. The maximum Gasteiger partial charge on any atom is 0.338 e. The number of nitrogens with one attached hydrogen (secondary N) is 1. The highest BCUT2D eigenvalue weighted by molar-refractivity contribution is 5.89. The molecular weight excluding hydrogens is 256 g/mol. The van der Waals surface area contributed by atoms with E-state index in [9.17, 15) is 13.6 Å². The number of rotatable bonds is 4. The van der Waals surface area contributed by atoms with E-state index in [4.69, 9.17) is 9.84 Å². The van der Waals surface area contributed by atoms with Gasteiger partial charge in [0.25, 0.3) is 0 Å². The first-order chi connectivity index (χ1) is 8.97. The van der Waals surface area contributed by atoms with Gasteiger partial charge in [-0.2, -0.15) is 0 Å². The minimum atomic E-state index is -1.42. The summed E-state index contributed by atoms with van der Waals surface area (Å²) >= 11 is 0. The number of ether oxygens (including phenoxy) is 1. The van der Waals surface area contributed by atoms with Crippen LogP contribution in [0.25, 0.3) is 0 Å². The molecule has 19 heavy (non-hydrogen) atoms.